The molecule has 104 valence electrons. The highest BCUT2D eigenvalue weighted by Gasteiger charge is 2.34. The Labute approximate surface area is 118 Å². The third-order valence-corrected chi connectivity index (χ3v) is 4.14. The molecule has 0 saturated carbocycles. The maximum absolute atomic E-state index is 12.0. The third-order valence-electron chi connectivity index (χ3n) is 3.33. The van der Waals surface area contributed by atoms with Crippen molar-refractivity contribution in [3.63, 3.8) is 0 Å². The average Bonchev–Trinajstić information content (AvgIpc) is 2.81. The van der Waals surface area contributed by atoms with Gasteiger partial charge in [0.1, 0.15) is 11.9 Å². The first-order valence-electron chi connectivity index (χ1n) is 6.34. The van der Waals surface area contributed by atoms with Crippen molar-refractivity contribution in [1.29, 1.82) is 0 Å². The molecule has 2 atom stereocenters. The first-order valence-corrected chi connectivity index (χ1v) is 7.74. The minimum atomic E-state index is -0.0273. The number of carbonyl (C=O) groups is 1. The summed E-state index contributed by atoms with van der Waals surface area (Å²) in [6.07, 6.45) is 2.04. The number of hydrogen-bond acceptors (Lipinski definition) is 4. The Morgan fingerprint density at radius 3 is 2.74 bits per heavy atom. The zero-order chi connectivity index (χ0) is 13.8. The normalized spacial score (nSPS) is 20.7. The van der Waals surface area contributed by atoms with Gasteiger partial charge in [-0.1, -0.05) is 12.1 Å². The molecule has 1 aliphatic rings. The molecule has 1 aliphatic heterocycles. The van der Waals surface area contributed by atoms with Gasteiger partial charge in [-0.25, -0.2) is 0 Å². The molecule has 4 nitrogen and oxygen atoms in total. The number of carbonyl (C=O) groups excluding carboxylic acids is 1. The van der Waals surface area contributed by atoms with Crippen LogP contribution in [0.5, 0.6) is 5.75 Å². The number of benzene rings is 1. The lowest BCUT2D eigenvalue weighted by molar-refractivity contribution is -0.129. The van der Waals surface area contributed by atoms with Crippen molar-refractivity contribution in [2.75, 3.05) is 25.7 Å². The van der Waals surface area contributed by atoms with Gasteiger partial charge in [-0.15, -0.1) is 0 Å². The fourth-order valence-corrected chi connectivity index (χ4v) is 3.05. The van der Waals surface area contributed by atoms with Gasteiger partial charge in [0.25, 0.3) is 0 Å². The second-order valence-corrected chi connectivity index (χ2v) is 5.57. The van der Waals surface area contributed by atoms with E-state index in [2.05, 4.69) is 18.5 Å². The third kappa shape index (κ3) is 3.04. The van der Waals surface area contributed by atoms with E-state index in [-0.39, 0.29) is 18.1 Å². The van der Waals surface area contributed by atoms with E-state index in [1.54, 1.807) is 18.9 Å². The minimum absolute atomic E-state index is 0.0273. The van der Waals surface area contributed by atoms with Crippen LogP contribution in [0.1, 0.15) is 18.7 Å². The number of ether oxygens (including phenoxy) is 1. The van der Waals surface area contributed by atoms with Crippen molar-refractivity contribution < 1.29 is 9.53 Å². The van der Waals surface area contributed by atoms with Gasteiger partial charge < -0.3 is 9.64 Å². The zero-order valence-corrected chi connectivity index (χ0v) is 12.4. The van der Waals surface area contributed by atoms with Crippen molar-refractivity contribution in [3.05, 3.63) is 29.8 Å². The van der Waals surface area contributed by atoms with Crippen LogP contribution in [-0.4, -0.2) is 42.5 Å². The van der Waals surface area contributed by atoms with Crippen LogP contribution in [0.4, 0.5) is 0 Å². The molecular formula is C14H20N2O2S. The molecule has 1 fully saturated rings. The molecule has 2 rings (SSSR count). The molecule has 0 aliphatic carbocycles. The zero-order valence-electron chi connectivity index (χ0n) is 11.6. The fraction of sp³-hybridized carbons (Fsp3) is 0.500. The van der Waals surface area contributed by atoms with Crippen molar-refractivity contribution in [2.24, 2.45) is 0 Å². The molecule has 1 N–H and O–H groups in total. The van der Waals surface area contributed by atoms with Crippen LogP contribution in [0.15, 0.2) is 24.3 Å². The summed E-state index contributed by atoms with van der Waals surface area (Å²) in [7, 11) is 1.65. The average molecular weight is 280 g/mol. The second kappa shape index (κ2) is 6.30. The Morgan fingerprint density at radius 1 is 1.47 bits per heavy atom. The summed E-state index contributed by atoms with van der Waals surface area (Å²) in [5, 5.41) is 3.28. The van der Waals surface area contributed by atoms with E-state index in [1.165, 1.54) is 0 Å². The lowest BCUT2D eigenvalue weighted by Crippen LogP contribution is -2.39. The number of hydrogen-bond donors (Lipinski definition) is 1. The van der Waals surface area contributed by atoms with Crippen LogP contribution in [0.3, 0.4) is 0 Å². The van der Waals surface area contributed by atoms with Gasteiger partial charge in [0.15, 0.2) is 0 Å². The van der Waals surface area contributed by atoms with E-state index in [1.807, 2.05) is 29.2 Å². The van der Waals surface area contributed by atoms with Gasteiger partial charge in [-0.3, -0.25) is 10.1 Å². The van der Waals surface area contributed by atoms with E-state index < -0.39 is 0 Å². The van der Waals surface area contributed by atoms with Crippen LogP contribution in [0, 0.1) is 0 Å². The predicted octanol–water partition coefficient (Wildman–Crippen LogP) is 1.88. The monoisotopic (exact) mass is 280 g/mol. The maximum Gasteiger partial charge on any atom is 0.238 e. The molecular weight excluding hydrogens is 260 g/mol. The van der Waals surface area contributed by atoms with Gasteiger partial charge in [-0.2, -0.15) is 11.8 Å². The molecule has 1 aromatic carbocycles. The molecule has 1 saturated heterocycles. The predicted molar refractivity (Wildman–Crippen MR) is 78.4 cm³/mol. The standard InChI is InChI=1S/C14H20N2O2S/c1-10(9-19-3)16-13(17)8-15-14(16)11-4-6-12(18-2)7-5-11/h4-7,10,14-15H,8-9H2,1-3H3. The van der Waals surface area contributed by atoms with Crippen LogP contribution in [-0.2, 0) is 4.79 Å². The largest absolute Gasteiger partial charge is 0.497 e. The minimum Gasteiger partial charge on any atom is -0.497 e. The molecule has 0 aromatic heterocycles. The van der Waals surface area contributed by atoms with Crippen LogP contribution in [0.25, 0.3) is 0 Å². The molecule has 5 heteroatoms. The van der Waals surface area contributed by atoms with E-state index in [0.717, 1.165) is 17.1 Å². The topological polar surface area (TPSA) is 41.6 Å². The molecule has 1 heterocycles. The lowest BCUT2D eigenvalue weighted by Gasteiger charge is -2.30. The highest BCUT2D eigenvalue weighted by Crippen LogP contribution is 2.27. The molecule has 19 heavy (non-hydrogen) atoms. The summed E-state index contributed by atoms with van der Waals surface area (Å²) in [6.45, 7) is 2.51. The molecule has 0 radical (unpaired) electrons. The number of amides is 1. The number of methoxy groups -OCH3 is 1. The molecule has 0 bridgehead atoms. The Hall–Kier alpha value is -1.20. The maximum atomic E-state index is 12.0. The first kappa shape index (κ1) is 14.2. The SMILES string of the molecule is COc1ccc(C2NCC(=O)N2C(C)CSC)cc1. The number of nitrogens with one attached hydrogen (secondary N) is 1. The van der Waals surface area contributed by atoms with Gasteiger partial charge >= 0.3 is 0 Å². The Kier molecular flexibility index (Phi) is 4.71. The van der Waals surface area contributed by atoms with Crippen molar-refractivity contribution in [1.82, 2.24) is 10.2 Å². The first-order chi connectivity index (χ1) is 9.17. The quantitative estimate of drug-likeness (QED) is 0.894. The summed E-state index contributed by atoms with van der Waals surface area (Å²) in [5.74, 6) is 1.94. The molecule has 1 amide bonds. The van der Waals surface area contributed by atoms with E-state index in [4.69, 9.17) is 4.74 Å². The summed E-state index contributed by atoms with van der Waals surface area (Å²) >= 11 is 1.76. The second-order valence-electron chi connectivity index (χ2n) is 4.66. The van der Waals surface area contributed by atoms with E-state index >= 15 is 0 Å². The van der Waals surface area contributed by atoms with Crippen molar-refractivity contribution in [3.8, 4) is 5.75 Å². The summed E-state index contributed by atoms with van der Waals surface area (Å²) < 4.78 is 5.16. The number of thioether (sulfide) groups is 1. The number of nitrogens with zero attached hydrogens (tertiary/aromatic N) is 1. The fourth-order valence-electron chi connectivity index (χ4n) is 2.40. The van der Waals surface area contributed by atoms with E-state index in [0.29, 0.717) is 6.54 Å². The van der Waals surface area contributed by atoms with Crippen LogP contribution in [0.2, 0.25) is 0 Å². The van der Waals surface area contributed by atoms with Gasteiger partial charge in [-0.05, 0) is 30.9 Å². The Balaban J connectivity index is 2.19. The summed E-state index contributed by atoms with van der Waals surface area (Å²) in [5.41, 5.74) is 1.10. The van der Waals surface area contributed by atoms with Crippen LogP contribution < -0.4 is 10.1 Å². The van der Waals surface area contributed by atoms with Gasteiger partial charge in [0.05, 0.1) is 13.7 Å². The van der Waals surface area contributed by atoms with Crippen molar-refractivity contribution >= 4 is 17.7 Å². The highest BCUT2D eigenvalue weighted by atomic mass is 32.2. The summed E-state index contributed by atoms with van der Waals surface area (Å²) in [4.78, 5) is 14.0. The van der Waals surface area contributed by atoms with Crippen LogP contribution >= 0.6 is 11.8 Å². The Morgan fingerprint density at radius 2 is 2.16 bits per heavy atom. The van der Waals surface area contributed by atoms with Gasteiger partial charge in [0.2, 0.25) is 5.91 Å². The van der Waals surface area contributed by atoms with E-state index in [9.17, 15) is 4.79 Å². The summed E-state index contributed by atoms with van der Waals surface area (Å²) in [6, 6.07) is 8.10. The van der Waals surface area contributed by atoms with Crippen molar-refractivity contribution in [2.45, 2.75) is 19.1 Å². The molecule has 2 unspecified atom stereocenters. The van der Waals surface area contributed by atoms with Gasteiger partial charge in [0, 0.05) is 11.8 Å². The lowest BCUT2D eigenvalue weighted by atomic mass is 10.1. The molecule has 1 aromatic rings. The number of rotatable bonds is 5. The Bertz CT molecular complexity index is 436. The smallest absolute Gasteiger partial charge is 0.238 e. The highest BCUT2D eigenvalue weighted by molar-refractivity contribution is 7.98. The molecule has 0 spiro atoms.